The molecule has 0 unspecified atom stereocenters. The van der Waals surface area contributed by atoms with Crippen molar-refractivity contribution in [3.05, 3.63) is 23.7 Å². The van der Waals surface area contributed by atoms with E-state index < -0.39 is 22.2 Å². The van der Waals surface area contributed by atoms with Crippen molar-refractivity contribution in [3.8, 4) is 0 Å². The van der Waals surface area contributed by atoms with E-state index in [0.29, 0.717) is 0 Å². The van der Waals surface area contributed by atoms with E-state index >= 15 is 0 Å². The third kappa shape index (κ3) is 10.7. The Balaban J connectivity index is 2.16. The van der Waals surface area contributed by atoms with Crippen LogP contribution in [-0.2, 0) is 37.0 Å². The fourth-order valence-corrected chi connectivity index (χ4v) is 2.99. The Morgan fingerprint density at radius 3 is 2.00 bits per heavy atom. The first kappa shape index (κ1) is 25.5. The average Bonchev–Trinajstić information content (AvgIpc) is 3.10. The molecule has 0 spiro atoms. The Morgan fingerprint density at radius 2 is 1.45 bits per heavy atom. The van der Waals surface area contributed by atoms with E-state index in [2.05, 4.69) is 11.1 Å². The Bertz CT molecular complexity index is 697. The van der Waals surface area contributed by atoms with Crippen molar-refractivity contribution < 1.29 is 39.7 Å². The minimum Gasteiger partial charge on any atom is -0.460 e. The van der Waals surface area contributed by atoms with Crippen LogP contribution in [0.15, 0.2) is 16.5 Å². The molecular weight excluding hydrogens is 413 g/mol. The van der Waals surface area contributed by atoms with Crippen LogP contribution in [0.2, 0.25) is 0 Å². The lowest BCUT2D eigenvalue weighted by molar-refractivity contribution is -0.145. The average molecular weight is 442 g/mol. The first-order valence-corrected chi connectivity index (χ1v) is 11.3. The summed E-state index contributed by atoms with van der Waals surface area (Å²) < 4.78 is 72.2. The lowest BCUT2D eigenvalue weighted by Crippen LogP contribution is -2.25. The van der Waals surface area contributed by atoms with Crippen LogP contribution in [0.25, 0.3) is 0 Å². The Kier molecular flexibility index (Phi) is 11.3. The van der Waals surface area contributed by atoms with Gasteiger partial charge in [0.15, 0.2) is 0 Å². The predicted octanol–water partition coefficient (Wildman–Crippen LogP) is 5.61. The largest absolute Gasteiger partial charge is 0.523 e. The van der Waals surface area contributed by atoms with Crippen LogP contribution in [0.3, 0.4) is 0 Å². The van der Waals surface area contributed by atoms with Crippen LogP contribution < -0.4 is 0 Å². The number of carbonyl (C=O) groups is 1. The number of unbranched alkanes of at least 4 members (excludes halogenated alkanes) is 8. The second-order valence-electron chi connectivity index (χ2n) is 6.77. The summed E-state index contributed by atoms with van der Waals surface area (Å²) in [6, 6.07) is 2.64. The molecule has 1 aromatic heterocycles. The van der Waals surface area contributed by atoms with E-state index in [4.69, 9.17) is 9.15 Å². The number of halogens is 3. The molecule has 1 heterocycles. The number of furan rings is 1. The van der Waals surface area contributed by atoms with Gasteiger partial charge in [0, 0.05) is 6.42 Å². The number of alkyl halides is 3. The summed E-state index contributed by atoms with van der Waals surface area (Å²) in [5.41, 5.74) is -5.49. The van der Waals surface area contributed by atoms with Crippen LogP contribution in [-0.4, -0.2) is 19.9 Å². The number of esters is 1. The standard InChI is InChI=1S/C19H29F3O6S/c1-2-3-4-5-6-7-8-9-10-11-18(23)26-14-16-12-13-17(28-16)15-27-29(24,25)19(20,21)22/h12-13H,2-11,14-15H2,1H3. The molecule has 10 heteroatoms. The monoisotopic (exact) mass is 442 g/mol. The van der Waals surface area contributed by atoms with Crippen LogP contribution >= 0.6 is 0 Å². The Labute approximate surface area is 169 Å². The quantitative estimate of drug-likeness (QED) is 0.152. The molecule has 6 nitrogen and oxygen atoms in total. The zero-order valence-electron chi connectivity index (χ0n) is 16.6. The van der Waals surface area contributed by atoms with E-state index in [9.17, 15) is 26.4 Å². The molecule has 0 aliphatic heterocycles. The highest BCUT2D eigenvalue weighted by molar-refractivity contribution is 7.87. The summed E-state index contributed by atoms with van der Waals surface area (Å²) in [6.45, 7) is 1.11. The van der Waals surface area contributed by atoms with E-state index in [1.165, 1.54) is 50.7 Å². The normalized spacial score (nSPS) is 12.3. The van der Waals surface area contributed by atoms with Crippen LogP contribution in [0.4, 0.5) is 13.2 Å². The highest BCUT2D eigenvalue weighted by atomic mass is 32.2. The Morgan fingerprint density at radius 1 is 0.931 bits per heavy atom. The molecule has 1 aromatic rings. The van der Waals surface area contributed by atoms with Gasteiger partial charge in [-0.15, -0.1) is 0 Å². The highest BCUT2D eigenvalue weighted by Crippen LogP contribution is 2.25. The fourth-order valence-electron chi connectivity index (χ4n) is 2.58. The molecule has 0 saturated heterocycles. The summed E-state index contributed by atoms with van der Waals surface area (Å²) >= 11 is 0. The lowest BCUT2D eigenvalue weighted by Gasteiger charge is -2.06. The molecule has 1 rings (SSSR count). The zero-order chi connectivity index (χ0) is 21.8. The van der Waals surface area contributed by atoms with Gasteiger partial charge in [-0.2, -0.15) is 21.6 Å². The summed E-state index contributed by atoms with van der Waals surface area (Å²) in [5.74, 6) is -0.321. The molecule has 0 saturated carbocycles. The summed E-state index contributed by atoms with van der Waals surface area (Å²) in [7, 11) is -5.68. The fraction of sp³-hybridized carbons (Fsp3) is 0.737. The number of carbonyl (C=O) groups excluding carboxylic acids is 1. The van der Waals surface area contributed by atoms with Gasteiger partial charge in [0.25, 0.3) is 0 Å². The first-order chi connectivity index (χ1) is 13.7. The molecule has 29 heavy (non-hydrogen) atoms. The smallest absolute Gasteiger partial charge is 0.460 e. The maximum atomic E-state index is 12.2. The molecule has 0 aliphatic carbocycles. The van der Waals surface area contributed by atoms with Crippen molar-refractivity contribution in [2.75, 3.05) is 0 Å². The second kappa shape index (κ2) is 12.9. The lowest BCUT2D eigenvalue weighted by atomic mass is 10.1. The van der Waals surface area contributed by atoms with Crippen molar-refractivity contribution in [2.45, 2.75) is 89.9 Å². The van der Waals surface area contributed by atoms with E-state index in [1.54, 1.807) is 0 Å². The molecule has 0 fully saturated rings. The summed E-state index contributed by atoms with van der Waals surface area (Å²) in [5, 5.41) is 0. The van der Waals surface area contributed by atoms with Crippen LogP contribution in [0.5, 0.6) is 0 Å². The van der Waals surface area contributed by atoms with E-state index in [-0.39, 0.29) is 30.5 Å². The van der Waals surface area contributed by atoms with Gasteiger partial charge in [-0.25, -0.2) is 0 Å². The summed E-state index contributed by atoms with van der Waals surface area (Å²) in [4.78, 5) is 11.7. The SMILES string of the molecule is CCCCCCCCCCCC(=O)OCc1ccc(COS(=O)(=O)C(F)(F)F)o1. The van der Waals surface area contributed by atoms with Gasteiger partial charge in [-0.05, 0) is 18.6 Å². The van der Waals surface area contributed by atoms with Gasteiger partial charge in [-0.3, -0.25) is 8.98 Å². The van der Waals surface area contributed by atoms with E-state index in [0.717, 1.165) is 19.3 Å². The van der Waals surface area contributed by atoms with E-state index in [1.807, 2.05) is 0 Å². The van der Waals surface area contributed by atoms with Crippen molar-refractivity contribution in [2.24, 2.45) is 0 Å². The topological polar surface area (TPSA) is 82.8 Å². The number of hydrogen-bond donors (Lipinski definition) is 0. The second-order valence-corrected chi connectivity index (χ2v) is 8.38. The molecule has 0 bridgehead atoms. The minimum absolute atomic E-state index is 0.122. The first-order valence-electron chi connectivity index (χ1n) is 9.84. The van der Waals surface area contributed by atoms with Gasteiger partial charge < -0.3 is 9.15 Å². The molecule has 0 amide bonds. The molecule has 0 atom stereocenters. The van der Waals surface area contributed by atoms with Crippen molar-refractivity contribution in [3.63, 3.8) is 0 Å². The molecular formula is C19H29F3O6S. The molecule has 168 valence electrons. The van der Waals surface area contributed by atoms with Crippen molar-refractivity contribution in [1.82, 2.24) is 0 Å². The minimum atomic E-state index is -5.68. The van der Waals surface area contributed by atoms with Crippen LogP contribution in [0, 0.1) is 0 Å². The Hall–Kier alpha value is -1.55. The molecule has 0 aromatic carbocycles. The maximum absolute atomic E-state index is 12.2. The van der Waals surface area contributed by atoms with Gasteiger partial charge >= 0.3 is 21.6 Å². The number of rotatable bonds is 15. The van der Waals surface area contributed by atoms with Gasteiger partial charge in [-0.1, -0.05) is 58.3 Å². The predicted molar refractivity (Wildman–Crippen MR) is 100 cm³/mol. The third-order valence-electron chi connectivity index (χ3n) is 4.22. The number of ether oxygens (including phenoxy) is 1. The third-order valence-corrected chi connectivity index (χ3v) is 5.21. The highest BCUT2D eigenvalue weighted by Gasteiger charge is 2.47. The van der Waals surface area contributed by atoms with Crippen molar-refractivity contribution in [1.29, 1.82) is 0 Å². The molecule has 0 radical (unpaired) electrons. The summed E-state index contributed by atoms with van der Waals surface area (Å²) in [6.07, 6.45) is 10.5. The van der Waals surface area contributed by atoms with Gasteiger partial charge in [0.1, 0.15) is 24.7 Å². The van der Waals surface area contributed by atoms with Gasteiger partial charge in [0.2, 0.25) is 0 Å². The van der Waals surface area contributed by atoms with Crippen molar-refractivity contribution >= 4 is 16.1 Å². The molecule has 0 N–H and O–H groups in total. The van der Waals surface area contributed by atoms with Gasteiger partial charge in [0.05, 0.1) is 0 Å². The van der Waals surface area contributed by atoms with Crippen LogP contribution in [0.1, 0.15) is 82.7 Å². The number of hydrogen-bond acceptors (Lipinski definition) is 6. The molecule has 0 aliphatic rings. The zero-order valence-corrected chi connectivity index (χ0v) is 17.4. The maximum Gasteiger partial charge on any atom is 0.523 e.